The van der Waals surface area contributed by atoms with E-state index in [-0.39, 0.29) is 26.1 Å². The van der Waals surface area contributed by atoms with Crippen LogP contribution in [0.15, 0.2) is 36.5 Å². The van der Waals surface area contributed by atoms with E-state index in [4.69, 9.17) is 18.5 Å². The number of carbonyl (C=O) groups excluding carboxylic acids is 2. The first-order chi connectivity index (χ1) is 26.5. The van der Waals surface area contributed by atoms with Crippen LogP contribution in [-0.2, 0) is 32.7 Å². The quantitative estimate of drug-likeness (QED) is 0.0198. The van der Waals surface area contributed by atoms with Crippen molar-refractivity contribution in [2.75, 3.05) is 47.5 Å². The summed E-state index contributed by atoms with van der Waals surface area (Å²) in [5.41, 5.74) is 0. The molecule has 9 nitrogen and oxygen atoms in total. The molecule has 0 heterocycles. The number of hydrogen-bond donors (Lipinski definition) is 0. The fourth-order valence-corrected chi connectivity index (χ4v) is 6.58. The molecule has 322 valence electrons. The van der Waals surface area contributed by atoms with Crippen molar-refractivity contribution in [3.05, 3.63) is 36.5 Å². The van der Waals surface area contributed by atoms with Gasteiger partial charge in [-0.1, -0.05) is 140 Å². The van der Waals surface area contributed by atoms with Crippen molar-refractivity contribution in [2.24, 2.45) is 0 Å². The lowest BCUT2D eigenvalue weighted by atomic mass is 10.1. The molecular weight excluding hydrogens is 713 g/mol. The van der Waals surface area contributed by atoms with Gasteiger partial charge in [0.1, 0.15) is 19.8 Å². The molecule has 0 bridgehead atoms. The second-order valence-electron chi connectivity index (χ2n) is 16.1. The molecular formula is C45H84NO8P. The van der Waals surface area contributed by atoms with E-state index in [1.165, 1.54) is 83.5 Å². The summed E-state index contributed by atoms with van der Waals surface area (Å²) in [6, 6.07) is 0. The number of likely N-dealkylation sites (N-methyl/N-ethyl adjacent to an activating group) is 1. The molecule has 0 fully saturated rings. The van der Waals surface area contributed by atoms with Crippen molar-refractivity contribution >= 4 is 19.8 Å². The highest BCUT2D eigenvalue weighted by atomic mass is 31.2. The lowest BCUT2D eigenvalue weighted by Crippen LogP contribution is -2.37. The number of rotatable bonds is 40. The minimum atomic E-state index is -4.63. The number of phosphoric acid groups is 1. The molecule has 0 spiro atoms. The first kappa shape index (κ1) is 53.2. The summed E-state index contributed by atoms with van der Waals surface area (Å²) in [5.74, 6) is -0.852. The molecule has 0 N–H and O–H groups in total. The van der Waals surface area contributed by atoms with Gasteiger partial charge in [-0.2, -0.15) is 0 Å². The first-order valence-corrected chi connectivity index (χ1v) is 23.7. The molecule has 0 saturated heterocycles. The molecule has 0 aliphatic rings. The van der Waals surface area contributed by atoms with Crippen LogP contribution >= 0.6 is 7.82 Å². The number of allylic oxidation sites excluding steroid dienone is 6. The van der Waals surface area contributed by atoms with E-state index < -0.39 is 32.5 Å². The highest BCUT2D eigenvalue weighted by Crippen LogP contribution is 2.38. The Morgan fingerprint density at radius 1 is 0.564 bits per heavy atom. The molecule has 0 saturated carbocycles. The Bertz CT molecular complexity index is 1040. The topological polar surface area (TPSA) is 111 Å². The van der Waals surface area contributed by atoms with Gasteiger partial charge in [0.2, 0.25) is 0 Å². The van der Waals surface area contributed by atoms with E-state index in [1.54, 1.807) is 0 Å². The van der Waals surface area contributed by atoms with Crippen LogP contribution in [0, 0.1) is 0 Å². The zero-order valence-electron chi connectivity index (χ0n) is 36.1. The maximum atomic E-state index is 12.7. The van der Waals surface area contributed by atoms with Gasteiger partial charge in [-0.25, -0.2) is 0 Å². The summed E-state index contributed by atoms with van der Waals surface area (Å²) in [5, 5.41) is 0. The second kappa shape index (κ2) is 37.8. The highest BCUT2D eigenvalue weighted by molar-refractivity contribution is 7.45. The summed E-state index contributed by atoms with van der Waals surface area (Å²) >= 11 is 0. The van der Waals surface area contributed by atoms with Crippen molar-refractivity contribution in [3.8, 4) is 0 Å². The summed E-state index contributed by atoms with van der Waals surface area (Å²) < 4.78 is 33.9. The monoisotopic (exact) mass is 798 g/mol. The van der Waals surface area contributed by atoms with E-state index in [9.17, 15) is 19.0 Å². The minimum Gasteiger partial charge on any atom is -0.756 e. The molecule has 0 aromatic heterocycles. The van der Waals surface area contributed by atoms with Crippen molar-refractivity contribution < 1.29 is 42.1 Å². The van der Waals surface area contributed by atoms with E-state index in [0.717, 1.165) is 70.6 Å². The molecule has 0 aliphatic carbocycles. The standard InChI is InChI=1S/C45H84NO8P/c1-6-8-10-12-14-16-18-20-22-23-24-26-28-30-32-34-36-38-45(48)54-43(42-53-55(49,50)52-40-39-46(3,4)5)41-51-44(47)37-35-33-31-29-27-25-21-19-17-15-13-11-9-7-2/h14,16,19-22,43H,6-13,15,17-18,23-42H2,1-5H3/b16-14-,21-19-,22-20-. The number of hydrogen-bond acceptors (Lipinski definition) is 8. The molecule has 0 amide bonds. The fourth-order valence-electron chi connectivity index (χ4n) is 5.85. The summed E-state index contributed by atoms with van der Waals surface area (Å²) in [6.45, 7) is 4.17. The minimum absolute atomic E-state index is 0.0339. The molecule has 0 rings (SSSR count). The summed E-state index contributed by atoms with van der Waals surface area (Å²) in [7, 11) is 1.15. The third-order valence-electron chi connectivity index (χ3n) is 9.38. The van der Waals surface area contributed by atoms with Crippen molar-refractivity contribution in [2.45, 2.75) is 193 Å². The van der Waals surface area contributed by atoms with Crippen LogP contribution in [-0.4, -0.2) is 70.0 Å². The third kappa shape index (κ3) is 41.7. The van der Waals surface area contributed by atoms with Gasteiger partial charge in [-0.15, -0.1) is 0 Å². The predicted molar refractivity (Wildman–Crippen MR) is 227 cm³/mol. The normalized spacial score (nSPS) is 13.9. The Labute approximate surface area is 338 Å². The summed E-state index contributed by atoms with van der Waals surface area (Å²) in [4.78, 5) is 37.5. The Morgan fingerprint density at radius 3 is 1.49 bits per heavy atom. The highest BCUT2D eigenvalue weighted by Gasteiger charge is 2.21. The van der Waals surface area contributed by atoms with E-state index in [1.807, 2.05) is 21.1 Å². The van der Waals surface area contributed by atoms with Gasteiger partial charge < -0.3 is 27.9 Å². The number of quaternary nitrogens is 1. The Hall–Kier alpha value is -1.77. The van der Waals surface area contributed by atoms with E-state index in [2.05, 4.69) is 50.3 Å². The van der Waals surface area contributed by atoms with Gasteiger partial charge in [0.25, 0.3) is 7.82 Å². The van der Waals surface area contributed by atoms with Crippen molar-refractivity contribution in [1.82, 2.24) is 0 Å². The van der Waals surface area contributed by atoms with Crippen LogP contribution < -0.4 is 4.89 Å². The molecule has 2 unspecified atom stereocenters. The van der Waals surface area contributed by atoms with Gasteiger partial charge in [0.05, 0.1) is 27.7 Å². The van der Waals surface area contributed by atoms with Crippen LogP contribution in [0.1, 0.15) is 187 Å². The third-order valence-corrected chi connectivity index (χ3v) is 10.3. The van der Waals surface area contributed by atoms with Crippen LogP contribution in [0.4, 0.5) is 0 Å². The maximum absolute atomic E-state index is 12.7. The second-order valence-corrected chi connectivity index (χ2v) is 17.5. The SMILES string of the molecule is CCCCC/C=C\C/C=C\CCCCCCCCCC(=O)OC(COC(=O)CCCCCCC/C=C\CCCCCCC)COP(=O)([O-])OCC[N+](C)(C)C. The van der Waals surface area contributed by atoms with E-state index in [0.29, 0.717) is 17.4 Å². The van der Waals surface area contributed by atoms with E-state index >= 15 is 0 Å². The number of nitrogens with zero attached hydrogens (tertiary/aromatic N) is 1. The lowest BCUT2D eigenvalue weighted by molar-refractivity contribution is -0.870. The Balaban J connectivity index is 4.38. The van der Waals surface area contributed by atoms with Gasteiger partial charge >= 0.3 is 11.9 Å². The molecule has 0 aromatic rings. The van der Waals surface area contributed by atoms with Crippen LogP contribution in [0.5, 0.6) is 0 Å². The van der Waals surface area contributed by atoms with Crippen LogP contribution in [0.2, 0.25) is 0 Å². The van der Waals surface area contributed by atoms with Gasteiger partial charge in [-0.05, 0) is 70.6 Å². The molecule has 55 heavy (non-hydrogen) atoms. The maximum Gasteiger partial charge on any atom is 0.306 e. The predicted octanol–water partition coefficient (Wildman–Crippen LogP) is 11.9. The number of ether oxygens (including phenoxy) is 2. The molecule has 0 radical (unpaired) electrons. The van der Waals surface area contributed by atoms with Crippen LogP contribution in [0.3, 0.4) is 0 Å². The number of phosphoric ester groups is 1. The van der Waals surface area contributed by atoms with Crippen molar-refractivity contribution in [1.29, 1.82) is 0 Å². The Kier molecular flexibility index (Phi) is 36.6. The summed E-state index contributed by atoms with van der Waals surface area (Å²) in [6.07, 6.45) is 41.6. The van der Waals surface area contributed by atoms with Crippen LogP contribution in [0.25, 0.3) is 0 Å². The average molecular weight is 798 g/mol. The smallest absolute Gasteiger partial charge is 0.306 e. The molecule has 10 heteroatoms. The lowest BCUT2D eigenvalue weighted by Gasteiger charge is -2.28. The van der Waals surface area contributed by atoms with Gasteiger partial charge in [-0.3, -0.25) is 14.2 Å². The van der Waals surface area contributed by atoms with Gasteiger partial charge in [0.15, 0.2) is 6.10 Å². The zero-order chi connectivity index (χ0) is 40.7. The number of carbonyl (C=O) groups is 2. The Morgan fingerprint density at radius 2 is 0.982 bits per heavy atom. The fraction of sp³-hybridized carbons (Fsp3) is 0.822. The zero-order valence-corrected chi connectivity index (χ0v) is 37.0. The first-order valence-electron chi connectivity index (χ1n) is 22.2. The molecule has 0 aliphatic heterocycles. The number of unbranched alkanes of at least 4 members (excludes halogenated alkanes) is 20. The van der Waals surface area contributed by atoms with Crippen molar-refractivity contribution in [3.63, 3.8) is 0 Å². The average Bonchev–Trinajstić information content (AvgIpc) is 3.13. The largest absolute Gasteiger partial charge is 0.756 e. The molecule has 2 atom stereocenters. The molecule has 0 aromatic carbocycles. The van der Waals surface area contributed by atoms with Gasteiger partial charge in [0, 0.05) is 12.8 Å². The number of esters is 2.